The van der Waals surface area contributed by atoms with Crippen LogP contribution in [-0.4, -0.2) is 41.2 Å². The zero-order valence-electron chi connectivity index (χ0n) is 13.6. The van der Waals surface area contributed by atoms with Gasteiger partial charge in [-0.15, -0.1) is 0 Å². The van der Waals surface area contributed by atoms with Gasteiger partial charge < -0.3 is 9.42 Å². The van der Waals surface area contributed by atoms with Crippen molar-refractivity contribution in [3.63, 3.8) is 0 Å². The predicted octanol–water partition coefficient (Wildman–Crippen LogP) is 2.82. The molecule has 2 aromatic rings. The minimum absolute atomic E-state index is 0.187. The molecule has 1 unspecified atom stereocenters. The molecule has 2 heterocycles. The van der Waals surface area contributed by atoms with E-state index in [-0.39, 0.29) is 6.04 Å². The van der Waals surface area contributed by atoms with Crippen molar-refractivity contribution in [2.45, 2.75) is 33.2 Å². The van der Waals surface area contributed by atoms with Crippen molar-refractivity contribution in [2.24, 2.45) is 0 Å². The maximum Gasteiger partial charge on any atom is 0.243 e. The quantitative estimate of drug-likeness (QED) is 0.869. The molecule has 1 atom stereocenters. The monoisotopic (exact) mass is 300 g/mol. The van der Waals surface area contributed by atoms with Crippen LogP contribution in [0.2, 0.25) is 0 Å². The molecule has 0 amide bonds. The van der Waals surface area contributed by atoms with Crippen LogP contribution in [0.15, 0.2) is 28.8 Å². The maximum atomic E-state index is 5.38. The SMILES string of the molecule is CCc1noc(C(C)N2CCN(c3cccc(C)c3)CC2)n1. The van der Waals surface area contributed by atoms with Crippen LogP contribution in [0.5, 0.6) is 0 Å². The Bertz CT molecular complexity index is 617. The van der Waals surface area contributed by atoms with Gasteiger partial charge in [0, 0.05) is 38.3 Å². The second kappa shape index (κ2) is 6.48. The van der Waals surface area contributed by atoms with E-state index in [0.717, 1.165) is 44.3 Å². The normalized spacial score (nSPS) is 17.7. The summed E-state index contributed by atoms with van der Waals surface area (Å²) in [5.74, 6) is 1.53. The summed E-state index contributed by atoms with van der Waals surface area (Å²) in [6.45, 7) is 10.4. The number of rotatable bonds is 4. The highest BCUT2D eigenvalue weighted by molar-refractivity contribution is 5.48. The Balaban J connectivity index is 1.61. The number of hydrogen-bond acceptors (Lipinski definition) is 5. The standard InChI is InChI=1S/C17H24N4O/c1-4-16-18-17(22-19-16)14(3)20-8-10-21(11-9-20)15-7-5-6-13(2)12-15/h5-7,12,14H,4,8-11H2,1-3H3. The third-order valence-corrected chi connectivity index (χ3v) is 4.39. The maximum absolute atomic E-state index is 5.38. The zero-order valence-corrected chi connectivity index (χ0v) is 13.6. The molecule has 1 aromatic carbocycles. The molecule has 22 heavy (non-hydrogen) atoms. The van der Waals surface area contributed by atoms with Gasteiger partial charge in [0.15, 0.2) is 5.82 Å². The Morgan fingerprint density at radius 3 is 2.64 bits per heavy atom. The fraction of sp³-hybridized carbons (Fsp3) is 0.529. The highest BCUT2D eigenvalue weighted by Gasteiger charge is 2.25. The lowest BCUT2D eigenvalue weighted by atomic mass is 10.1. The zero-order chi connectivity index (χ0) is 15.5. The van der Waals surface area contributed by atoms with Gasteiger partial charge in [0.05, 0.1) is 6.04 Å². The molecule has 1 fully saturated rings. The Labute approximate surface area is 131 Å². The van der Waals surface area contributed by atoms with Crippen molar-refractivity contribution in [1.82, 2.24) is 15.0 Å². The number of anilines is 1. The van der Waals surface area contributed by atoms with Crippen molar-refractivity contribution in [3.05, 3.63) is 41.5 Å². The summed E-state index contributed by atoms with van der Waals surface area (Å²) >= 11 is 0. The van der Waals surface area contributed by atoms with Gasteiger partial charge >= 0.3 is 0 Å². The van der Waals surface area contributed by atoms with Gasteiger partial charge in [-0.05, 0) is 31.5 Å². The van der Waals surface area contributed by atoms with Gasteiger partial charge in [-0.1, -0.05) is 24.2 Å². The fourth-order valence-electron chi connectivity index (χ4n) is 2.93. The lowest BCUT2D eigenvalue weighted by Crippen LogP contribution is -2.47. The van der Waals surface area contributed by atoms with E-state index < -0.39 is 0 Å². The number of piperazine rings is 1. The van der Waals surface area contributed by atoms with E-state index in [9.17, 15) is 0 Å². The summed E-state index contributed by atoms with van der Waals surface area (Å²) in [6.07, 6.45) is 0.817. The summed E-state index contributed by atoms with van der Waals surface area (Å²) in [5, 5.41) is 4.00. The first kappa shape index (κ1) is 15.0. The minimum atomic E-state index is 0.187. The second-order valence-corrected chi connectivity index (χ2v) is 5.94. The van der Waals surface area contributed by atoms with Crippen molar-refractivity contribution < 1.29 is 4.52 Å². The van der Waals surface area contributed by atoms with Crippen LogP contribution >= 0.6 is 0 Å². The second-order valence-electron chi connectivity index (χ2n) is 5.94. The highest BCUT2D eigenvalue weighted by Crippen LogP contribution is 2.23. The number of aromatic nitrogens is 2. The Morgan fingerprint density at radius 1 is 1.23 bits per heavy atom. The molecule has 1 aromatic heterocycles. The van der Waals surface area contributed by atoms with E-state index in [1.807, 2.05) is 6.92 Å². The summed E-state index contributed by atoms with van der Waals surface area (Å²) < 4.78 is 5.38. The van der Waals surface area contributed by atoms with Gasteiger partial charge in [0.25, 0.3) is 0 Å². The van der Waals surface area contributed by atoms with Gasteiger partial charge in [-0.25, -0.2) is 0 Å². The average Bonchev–Trinajstić information content (AvgIpc) is 3.03. The van der Waals surface area contributed by atoms with Crippen LogP contribution in [0.4, 0.5) is 5.69 Å². The number of benzene rings is 1. The third-order valence-electron chi connectivity index (χ3n) is 4.39. The first-order valence-corrected chi connectivity index (χ1v) is 8.05. The lowest BCUT2D eigenvalue weighted by Gasteiger charge is -2.38. The van der Waals surface area contributed by atoms with Crippen LogP contribution in [-0.2, 0) is 6.42 Å². The molecule has 0 saturated carbocycles. The minimum Gasteiger partial charge on any atom is -0.369 e. The number of hydrogen-bond donors (Lipinski definition) is 0. The first-order valence-electron chi connectivity index (χ1n) is 8.05. The average molecular weight is 300 g/mol. The van der Waals surface area contributed by atoms with E-state index in [1.54, 1.807) is 0 Å². The lowest BCUT2D eigenvalue weighted by molar-refractivity contribution is 0.164. The molecule has 0 aliphatic carbocycles. The number of aryl methyl sites for hydroxylation is 2. The van der Waals surface area contributed by atoms with Crippen LogP contribution in [0.3, 0.4) is 0 Å². The van der Waals surface area contributed by atoms with Gasteiger partial charge in [0.1, 0.15) is 0 Å². The summed E-state index contributed by atoms with van der Waals surface area (Å²) in [4.78, 5) is 9.32. The molecule has 3 rings (SSSR count). The molecule has 118 valence electrons. The largest absolute Gasteiger partial charge is 0.369 e. The molecular formula is C17H24N4O. The smallest absolute Gasteiger partial charge is 0.243 e. The molecule has 0 spiro atoms. The Hall–Kier alpha value is -1.88. The molecule has 1 saturated heterocycles. The third kappa shape index (κ3) is 3.14. The van der Waals surface area contributed by atoms with Crippen molar-refractivity contribution in [3.8, 4) is 0 Å². The van der Waals surface area contributed by atoms with E-state index in [2.05, 4.69) is 58.1 Å². The van der Waals surface area contributed by atoms with Crippen molar-refractivity contribution in [2.75, 3.05) is 31.1 Å². The van der Waals surface area contributed by atoms with Gasteiger partial charge in [-0.2, -0.15) is 4.98 Å². The molecule has 1 aliphatic heterocycles. The summed E-state index contributed by atoms with van der Waals surface area (Å²) in [6, 6.07) is 8.91. The van der Waals surface area contributed by atoms with E-state index in [0.29, 0.717) is 0 Å². The Kier molecular flexibility index (Phi) is 4.43. The first-order chi connectivity index (χ1) is 10.7. The van der Waals surface area contributed by atoms with Crippen LogP contribution in [0.1, 0.15) is 37.2 Å². The molecule has 0 bridgehead atoms. The summed E-state index contributed by atoms with van der Waals surface area (Å²) in [7, 11) is 0. The molecule has 1 aliphatic rings. The molecular weight excluding hydrogens is 276 g/mol. The molecule has 0 radical (unpaired) electrons. The van der Waals surface area contributed by atoms with Gasteiger partial charge in [-0.3, -0.25) is 4.90 Å². The van der Waals surface area contributed by atoms with Crippen molar-refractivity contribution >= 4 is 5.69 Å². The summed E-state index contributed by atoms with van der Waals surface area (Å²) in [5.41, 5.74) is 2.63. The van der Waals surface area contributed by atoms with Crippen LogP contribution in [0, 0.1) is 6.92 Å². The number of nitrogens with zero attached hydrogens (tertiary/aromatic N) is 4. The Morgan fingerprint density at radius 2 is 2.00 bits per heavy atom. The highest BCUT2D eigenvalue weighted by atomic mass is 16.5. The molecule has 5 nitrogen and oxygen atoms in total. The molecule has 0 N–H and O–H groups in total. The van der Waals surface area contributed by atoms with Gasteiger partial charge in [0.2, 0.25) is 5.89 Å². The van der Waals surface area contributed by atoms with Crippen LogP contribution < -0.4 is 4.90 Å². The van der Waals surface area contributed by atoms with Crippen LogP contribution in [0.25, 0.3) is 0 Å². The van der Waals surface area contributed by atoms with E-state index in [1.165, 1.54) is 11.3 Å². The van der Waals surface area contributed by atoms with Crippen molar-refractivity contribution in [1.29, 1.82) is 0 Å². The fourth-order valence-corrected chi connectivity index (χ4v) is 2.93. The predicted molar refractivity (Wildman–Crippen MR) is 87.1 cm³/mol. The van der Waals surface area contributed by atoms with E-state index >= 15 is 0 Å². The topological polar surface area (TPSA) is 45.4 Å². The van der Waals surface area contributed by atoms with E-state index in [4.69, 9.17) is 4.52 Å². The molecule has 5 heteroatoms.